The van der Waals surface area contributed by atoms with Crippen LogP contribution in [0.2, 0.25) is 0 Å². The van der Waals surface area contributed by atoms with Crippen LogP contribution in [-0.4, -0.2) is 42.1 Å². The maximum atomic E-state index is 12.6. The van der Waals surface area contributed by atoms with Crippen molar-refractivity contribution in [3.8, 4) is 5.75 Å². The van der Waals surface area contributed by atoms with Crippen molar-refractivity contribution in [2.45, 2.75) is 26.7 Å². The third kappa shape index (κ3) is 3.51. The highest BCUT2D eigenvalue weighted by Crippen LogP contribution is 2.19. The van der Waals surface area contributed by atoms with Crippen molar-refractivity contribution >= 4 is 5.91 Å². The van der Waals surface area contributed by atoms with E-state index in [9.17, 15) is 9.90 Å². The molecule has 0 bridgehead atoms. The Labute approximate surface area is 120 Å². The molecule has 1 aliphatic rings. The van der Waals surface area contributed by atoms with E-state index in [1.165, 1.54) is 0 Å². The molecule has 4 heteroatoms. The lowest BCUT2D eigenvalue weighted by atomic mass is 9.97. The number of aromatic hydroxyl groups is 1. The molecular weight excluding hydrogens is 252 g/mol. The molecule has 0 unspecified atom stereocenters. The van der Waals surface area contributed by atoms with Crippen LogP contribution in [0.5, 0.6) is 5.75 Å². The van der Waals surface area contributed by atoms with E-state index in [0.29, 0.717) is 11.5 Å². The summed E-state index contributed by atoms with van der Waals surface area (Å²) in [5, 5.41) is 12.8. The number of carbonyl (C=O) groups is 1. The lowest BCUT2D eigenvalue weighted by Gasteiger charge is -2.29. The molecule has 1 aliphatic heterocycles. The standard InChI is InChI=1S/C16H24N2O2/c1-3-18(11-13-6-8-17-9-7-13)16(20)15-5-4-14(19)10-12(15)2/h4-5,10,13,17,19H,3,6-9,11H2,1-2H3. The third-order valence-corrected chi connectivity index (χ3v) is 4.05. The van der Waals surface area contributed by atoms with Crippen LogP contribution < -0.4 is 5.32 Å². The van der Waals surface area contributed by atoms with Gasteiger partial charge in [0.15, 0.2) is 0 Å². The zero-order valence-electron chi connectivity index (χ0n) is 12.4. The average Bonchev–Trinajstić information content (AvgIpc) is 2.45. The van der Waals surface area contributed by atoms with E-state index in [4.69, 9.17) is 0 Å². The maximum Gasteiger partial charge on any atom is 0.254 e. The number of nitrogens with zero attached hydrogens (tertiary/aromatic N) is 1. The smallest absolute Gasteiger partial charge is 0.254 e. The molecule has 1 fully saturated rings. The molecule has 0 radical (unpaired) electrons. The number of amides is 1. The van der Waals surface area contributed by atoms with E-state index in [2.05, 4.69) is 5.32 Å². The number of aryl methyl sites for hydroxylation is 1. The quantitative estimate of drug-likeness (QED) is 0.886. The van der Waals surface area contributed by atoms with Gasteiger partial charge < -0.3 is 15.3 Å². The van der Waals surface area contributed by atoms with E-state index in [1.807, 2.05) is 18.7 Å². The highest BCUT2D eigenvalue weighted by Gasteiger charge is 2.21. The number of hydrogen-bond donors (Lipinski definition) is 2. The van der Waals surface area contributed by atoms with E-state index in [-0.39, 0.29) is 11.7 Å². The Bertz CT molecular complexity index is 468. The van der Waals surface area contributed by atoms with Gasteiger partial charge in [0.05, 0.1) is 0 Å². The summed E-state index contributed by atoms with van der Waals surface area (Å²) in [6.45, 7) is 7.55. The first-order valence-electron chi connectivity index (χ1n) is 7.41. The summed E-state index contributed by atoms with van der Waals surface area (Å²) in [6, 6.07) is 4.95. The fourth-order valence-corrected chi connectivity index (χ4v) is 2.79. The fourth-order valence-electron chi connectivity index (χ4n) is 2.79. The van der Waals surface area contributed by atoms with Gasteiger partial charge in [-0.3, -0.25) is 4.79 Å². The predicted octanol–water partition coefficient (Wildman–Crippen LogP) is 2.16. The van der Waals surface area contributed by atoms with Crippen LogP contribution in [-0.2, 0) is 0 Å². The molecule has 4 nitrogen and oxygen atoms in total. The lowest BCUT2D eigenvalue weighted by Crippen LogP contribution is -2.39. The summed E-state index contributed by atoms with van der Waals surface area (Å²) in [4.78, 5) is 14.5. The average molecular weight is 276 g/mol. The van der Waals surface area contributed by atoms with E-state index < -0.39 is 0 Å². The second-order valence-corrected chi connectivity index (χ2v) is 5.54. The Balaban J connectivity index is 2.07. The second-order valence-electron chi connectivity index (χ2n) is 5.54. The van der Waals surface area contributed by atoms with E-state index in [0.717, 1.165) is 44.6 Å². The minimum Gasteiger partial charge on any atom is -0.508 e. The largest absolute Gasteiger partial charge is 0.508 e. The molecular formula is C16H24N2O2. The van der Waals surface area contributed by atoms with Crippen LogP contribution in [0, 0.1) is 12.8 Å². The molecule has 0 spiro atoms. The molecule has 110 valence electrons. The Morgan fingerprint density at radius 3 is 2.70 bits per heavy atom. The fraction of sp³-hybridized carbons (Fsp3) is 0.562. The molecule has 1 saturated heterocycles. The molecule has 0 aliphatic carbocycles. The predicted molar refractivity (Wildman–Crippen MR) is 80.0 cm³/mol. The molecule has 2 N–H and O–H groups in total. The molecule has 2 rings (SSSR count). The van der Waals surface area contributed by atoms with Crippen LogP contribution in [0.25, 0.3) is 0 Å². The Kier molecular flexibility index (Phi) is 5.01. The number of benzene rings is 1. The van der Waals surface area contributed by atoms with Crippen molar-refractivity contribution in [1.82, 2.24) is 10.2 Å². The first-order valence-corrected chi connectivity index (χ1v) is 7.41. The van der Waals surface area contributed by atoms with Crippen molar-refractivity contribution in [2.75, 3.05) is 26.2 Å². The molecule has 0 saturated carbocycles. The van der Waals surface area contributed by atoms with Crippen molar-refractivity contribution in [2.24, 2.45) is 5.92 Å². The summed E-state index contributed by atoms with van der Waals surface area (Å²) in [7, 11) is 0. The van der Waals surface area contributed by atoms with Gasteiger partial charge in [-0.2, -0.15) is 0 Å². The lowest BCUT2D eigenvalue weighted by molar-refractivity contribution is 0.0726. The summed E-state index contributed by atoms with van der Waals surface area (Å²) >= 11 is 0. The first kappa shape index (κ1) is 14.9. The van der Waals surface area contributed by atoms with Crippen molar-refractivity contribution in [1.29, 1.82) is 0 Å². The number of hydrogen-bond acceptors (Lipinski definition) is 3. The third-order valence-electron chi connectivity index (χ3n) is 4.05. The van der Waals surface area contributed by atoms with E-state index in [1.54, 1.807) is 18.2 Å². The van der Waals surface area contributed by atoms with Crippen molar-refractivity contribution < 1.29 is 9.90 Å². The summed E-state index contributed by atoms with van der Waals surface area (Å²) < 4.78 is 0. The van der Waals surface area contributed by atoms with Crippen molar-refractivity contribution in [3.05, 3.63) is 29.3 Å². The van der Waals surface area contributed by atoms with Gasteiger partial charge in [0, 0.05) is 18.7 Å². The van der Waals surface area contributed by atoms with Crippen LogP contribution in [0.1, 0.15) is 35.7 Å². The highest BCUT2D eigenvalue weighted by atomic mass is 16.3. The van der Waals surface area contributed by atoms with Gasteiger partial charge in [-0.1, -0.05) is 0 Å². The van der Waals surface area contributed by atoms with Crippen molar-refractivity contribution in [3.63, 3.8) is 0 Å². The van der Waals surface area contributed by atoms with Gasteiger partial charge in [0.2, 0.25) is 0 Å². The van der Waals surface area contributed by atoms with Crippen LogP contribution in [0.15, 0.2) is 18.2 Å². The zero-order valence-corrected chi connectivity index (χ0v) is 12.4. The van der Waals surface area contributed by atoms with Crippen LogP contribution in [0.4, 0.5) is 0 Å². The number of nitrogens with one attached hydrogen (secondary N) is 1. The molecule has 1 heterocycles. The van der Waals surface area contributed by atoms with Gasteiger partial charge in [0.25, 0.3) is 5.91 Å². The maximum absolute atomic E-state index is 12.6. The second kappa shape index (κ2) is 6.75. The zero-order chi connectivity index (χ0) is 14.5. The van der Waals surface area contributed by atoms with Gasteiger partial charge in [0.1, 0.15) is 5.75 Å². The summed E-state index contributed by atoms with van der Waals surface area (Å²) in [5.41, 5.74) is 1.53. The molecule has 20 heavy (non-hydrogen) atoms. The number of carbonyl (C=O) groups excluding carboxylic acids is 1. The monoisotopic (exact) mass is 276 g/mol. The Morgan fingerprint density at radius 2 is 2.10 bits per heavy atom. The number of rotatable bonds is 4. The van der Waals surface area contributed by atoms with Crippen LogP contribution >= 0.6 is 0 Å². The van der Waals surface area contributed by atoms with E-state index >= 15 is 0 Å². The SMILES string of the molecule is CCN(CC1CCNCC1)C(=O)c1ccc(O)cc1C. The first-order chi connectivity index (χ1) is 9.61. The van der Waals surface area contributed by atoms with Gasteiger partial charge in [-0.05, 0) is 69.5 Å². The topological polar surface area (TPSA) is 52.6 Å². The van der Waals surface area contributed by atoms with Crippen LogP contribution in [0.3, 0.4) is 0 Å². The highest BCUT2D eigenvalue weighted by molar-refractivity contribution is 5.95. The van der Waals surface area contributed by atoms with Gasteiger partial charge in [-0.15, -0.1) is 0 Å². The minimum absolute atomic E-state index is 0.0727. The summed E-state index contributed by atoms with van der Waals surface area (Å²) in [6.07, 6.45) is 2.27. The van der Waals surface area contributed by atoms with Gasteiger partial charge >= 0.3 is 0 Å². The number of phenolic OH excluding ortho intramolecular Hbond substituents is 1. The summed E-state index contributed by atoms with van der Waals surface area (Å²) in [5.74, 6) is 0.876. The minimum atomic E-state index is 0.0727. The van der Waals surface area contributed by atoms with Gasteiger partial charge in [-0.25, -0.2) is 0 Å². The Hall–Kier alpha value is -1.55. The molecule has 0 atom stereocenters. The molecule has 1 amide bonds. The number of piperidine rings is 1. The molecule has 0 aromatic heterocycles. The molecule has 1 aromatic rings. The Morgan fingerprint density at radius 1 is 1.40 bits per heavy atom. The number of phenols is 1. The normalized spacial score (nSPS) is 16.1. The molecule has 1 aromatic carbocycles.